The van der Waals surface area contributed by atoms with Crippen molar-refractivity contribution in [1.82, 2.24) is 0 Å². The van der Waals surface area contributed by atoms with E-state index in [0.29, 0.717) is 0 Å². The van der Waals surface area contributed by atoms with Crippen LogP contribution in [0.5, 0.6) is 0 Å². The zero-order valence-electron chi connectivity index (χ0n) is 7.46. The fraction of sp³-hybridized carbons (Fsp3) is 1.00. The minimum absolute atomic E-state index is 0.0513. The van der Waals surface area contributed by atoms with E-state index in [1.165, 1.54) is 0 Å². The first-order valence-electron chi connectivity index (χ1n) is 4.56. The summed E-state index contributed by atoms with van der Waals surface area (Å²) in [6, 6.07) is 0. The van der Waals surface area contributed by atoms with Crippen molar-refractivity contribution in [1.29, 1.82) is 0 Å². The molecule has 5 unspecified atom stereocenters. The zero-order chi connectivity index (χ0) is 8.93. The average Bonchev–Trinajstić information content (AvgIpc) is 2.46. The lowest BCUT2D eigenvalue weighted by molar-refractivity contribution is -0.114. The van der Waals surface area contributed by atoms with E-state index in [-0.39, 0.29) is 18.1 Å². The van der Waals surface area contributed by atoms with Crippen LogP contribution in [-0.4, -0.2) is 28.3 Å². The van der Waals surface area contributed by atoms with Crippen molar-refractivity contribution in [3.63, 3.8) is 0 Å². The van der Waals surface area contributed by atoms with E-state index in [1.54, 1.807) is 0 Å². The summed E-state index contributed by atoms with van der Waals surface area (Å²) in [6.45, 7) is 3.89. The van der Waals surface area contributed by atoms with Gasteiger partial charge in [0, 0.05) is 5.92 Å². The van der Waals surface area contributed by atoms with E-state index in [0.717, 1.165) is 12.8 Å². The summed E-state index contributed by atoms with van der Waals surface area (Å²) in [5, 5.41) is 9.87. The molecule has 5 atom stereocenters. The molecule has 2 aliphatic rings. The van der Waals surface area contributed by atoms with Gasteiger partial charge in [0.2, 0.25) is 0 Å². The smallest absolute Gasteiger partial charge is 0.0940 e. The number of rotatable bonds is 0. The second-order valence-corrected chi connectivity index (χ2v) is 5.01. The van der Waals surface area contributed by atoms with Crippen molar-refractivity contribution in [3.8, 4) is 0 Å². The summed E-state index contributed by atoms with van der Waals surface area (Å²) in [5.74, 6) is 0.172. The van der Waals surface area contributed by atoms with E-state index >= 15 is 0 Å². The van der Waals surface area contributed by atoms with Gasteiger partial charge in [-0.05, 0) is 19.8 Å². The highest BCUT2D eigenvalue weighted by molar-refractivity contribution is 6.24. The Kier molecular flexibility index (Phi) is 1.90. The predicted molar refractivity (Wildman–Crippen MR) is 47.3 cm³/mol. The standard InChI is InChI=1S/C9H15ClO2/c1-5-6-3-4-7(12-6)9(2,10)8(5)11/h5-8,11H,3-4H2,1-2H3. The number of fused-ring (bicyclic) bond motifs is 2. The van der Waals surface area contributed by atoms with Crippen LogP contribution in [0.2, 0.25) is 0 Å². The monoisotopic (exact) mass is 190 g/mol. The highest BCUT2D eigenvalue weighted by Gasteiger charge is 2.53. The van der Waals surface area contributed by atoms with Gasteiger partial charge in [-0.2, -0.15) is 0 Å². The Labute approximate surface area is 77.9 Å². The molecule has 1 N–H and O–H groups in total. The van der Waals surface area contributed by atoms with Gasteiger partial charge in [0.1, 0.15) is 0 Å². The van der Waals surface area contributed by atoms with Crippen LogP contribution in [0.1, 0.15) is 26.7 Å². The lowest BCUT2D eigenvalue weighted by Gasteiger charge is -2.42. The highest BCUT2D eigenvalue weighted by atomic mass is 35.5. The number of alkyl halides is 1. The Morgan fingerprint density at radius 2 is 2.17 bits per heavy atom. The molecule has 70 valence electrons. The first-order valence-corrected chi connectivity index (χ1v) is 4.93. The van der Waals surface area contributed by atoms with Crippen molar-refractivity contribution in [2.75, 3.05) is 0 Å². The van der Waals surface area contributed by atoms with Crippen molar-refractivity contribution in [2.45, 2.75) is 49.9 Å². The van der Waals surface area contributed by atoms with Crippen LogP contribution in [0.15, 0.2) is 0 Å². The minimum atomic E-state index is -0.577. The molecule has 0 radical (unpaired) electrons. The molecule has 0 aromatic rings. The topological polar surface area (TPSA) is 29.5 Å². The van der Waals surface area contributed by atoms with E-state index < -0.39 is 11.0 Å². The lowest BCUT2D eigenvalue weighted by Crippen LogP contribution is -2.54. The van der Waals surface area contributed by atoms with Gasteiger partial charge in [-0.1, -0.05) is 6.92 Å². The SMILES string of the molecule is CC1C2CCC(O2)C(C)(Cl)C1O. The summed E-state index contributed by atoms with van der Waals surface area (Å²) >= 11 is 6.24. The van der Waals surface area contributed by atoms with E-state index in [1.807, 2.05) is 13.8 Å². The molecule has 0 aromatic carbocycles. The van der Waals surface area contributed by atoms with Crippen LogP contribution in [0.3, 0.4) is 0 Å². The van der Waals surface area contributed by atoms with Crippen LogP contribution in [0.25, 0.3) is 0 Å². The number of aliphatic hydroxyl groups is 1. The molecule has 0 aromatic heterocycles. The maximum Gasteiger partial charge on any atom is 0.0940 e. The number of ether oxygens (including phenoxy) is 1. The molecule has 0 amide bonds. The molecule has 0 saturated carbocycles. The van der Waals surface area contributed by atoms with Gasteiger partial charge in [-0.3, -0.25) is 0 Å². The van der Waals surface area contributed by atoms with Crippen molar-refractivity contribution in [2.24, 2.45) is 5.92 Å². The van der Waals surface area contributed by atoms with Crippen LogP contribution in [0, 0.1) is 5.92 Å². The first kappa shape index (κ1) is 8.79. The maximum atomic E-state index is 9.87. The van der Waals surface area contributed by atoms with Gasteiger partial charge in [0.15, 0.2) is 0 Å². The molecule has 0 aliphatic carbocycles. The zero-order valence-corrected chi connectivity index (χ0v) is 8.21. The fourth-order valence-corrected chi connectivity index (χ4v) is 2.73. The molecule has 2 bridgehead atoms. The summed E-state index contributed by atoms with van der Waals surface area (Å²) in [7, 11) is 0. The van der Waals surface area contributed by atoms with Gasteiger partial charge in [-0.15, -0.1) is 11.6 Å². The Morgan fingerprint density at radius 3 is 2.83 bits per heavy atom. The second kappa shape index (κ2) is 2.60. The Hall–Kier alpha value is 0.210. The highest BCUT2D eigenvalue weighted by Crippen LogP contribution is 2.45. The third-order valence-corrected chi connectivity index (χ3v) is 3.81. The van der Waals surface area contributed by atoms with E-state index in [9.17, 15) is 5.11 Å². The molecule has 2 heterocycles. The average molecular weight is 191 g/mol. The molecular weight excluding hydrogens is 176 g/mol. The Balaban J connectivity index is 2.26. The Bertz CT molecular complexity index is 193. The molecule has 3 heteroatoms. The molecule has 2 rings (SSSR count). The molecule has 12 heavy (non-hydrogen) atoms. The normalized spacial score (nSPS) is 59.0. The van der Waals surface area contributed by atoms with Crippen LogP contribution in [0.4, 0.5) is 0 Å². The van der Waals surface area contributed by atoms with Gasteiger partial charge >= 0.3 is 0 Å². The first-order chi connectivity index (χ1) is 5.53. The number of aliphatic hydroxyl groups excluding tert-OH is 1. The van der Waals surface area contributed by atoms with Crippen LogP contribution < -0.4 is 0 Å². The number of halogens is 1. The van der Waals surface area contributed by atoms with Gasteiger partial charge < -0.3 is 9.84 Å². The van der Waals surface area contributed by atoms with Crippen molar-refractivity contribution >= 4 is 11.6 Å². The summed E-state index contributed by atoms with van der Waals surface area (Å²) in [4.78, 5) is -0.577. The molecule has 2 fully saturated rings. The summed E-state index contributed by atoms with van der Waals surface area (Å²) < 4.78 is 5.70. The quantitative estimate of drug-likeness (QED) is 0.588. The van der Waals surface area contributed by atoms with Gasteiger partial charge in [0.25, 0.3) is 0 Å². The summed E-state index contributed by atoms with van der Waals surface area (Å²) in [6.07, 6.45) is 1.90. The molecule has 2 aliphatic heterocycles. The van der Waals surface area contributed by atoms with Gasteiger partial charge in [0.05, 0.1) is 23.2 Å². The number of hydrogen-bond acceptors (Lipinski definition) is 2. The molecular formula is C9H15ClO2. The molecule has 2 saturated heterocycles. The molecule has 0 spiro atoms. The second-order valence-electron chi connectivity index (χ2n) is 4.20. The van der Waals surface area contributed by atoms with Crippen LogP contribution >= 0.6 is 11.6 Å². The predicted octanol–water partition coefficient (Wildman–Crippen LogP) is 1.54. The third kappa shape index (κ3) is 1.02. The fourth-order valence-electron chi connectivity index (χ4n) is 2.37. The van der Waals surface area contributed by atoms with E-state index in [2.05, 4.69) is 0 Å². The molecule has 2 nitrogen and oxygen atoms in total. The van der Waals surface area contributed by atoms with Crippen molar-refractivity contribution < 1.29 is 9.84 Å². The lowest BCUT2D eigenvalue weighted by atomic mass is 9.86. The van der Waals surface area contributed by atoms with Gasteiger partial charge in [-0.25, -0.2) is 0 Å². The minimum Gasteiger partial charge on any atom is -0.391 e. The number of hydrogen-bond donors (Lipinski definition) is 1. The van der Waals surface area contributed by atoms with Crippen molar-refractivity contribution in [3.05, 3.63) is 0 Å². The third-order valence-electron chi connectivity index (χ3n) is 3.34. The maximum absolute atomic E-state index is 9.87. The van der Waals surface area contributed by atoms with Crippen LogP contribution in [-0.2, 0) is 4.74 Å². The largest absolute Gasteiger partial charge is 0.391 e. The summed E-state index contributed by atoms with van der Waals surface area (Å²) in [5.41, 5.74) is 0. The van der Waals surface area contributed by atoms with E-state index in [4.69, 9.17) is 16.3 Å². The Morgan fingerprint density at radius 1 is 1.50 bits per heavy atom.